The van der Waals surface area contributed by atoms with Crippen LogP contribution in [0.15, 0.2) is 0 Å². The molecule has 1 atom stereocenters. The van der Waals surface area contributed by atoms with Crippen LogP contribution >= 0.6 is 0 Å². The van der Waals surface area contributed by atoms with E-state index in [1.165, 1.54) is 32.1 Å². The minimum atomic E-state index is 0.102. The molecule has 0 aromatic carbocycles. The average molecular weight is 254 g/mol. The molecule has 0 radical (unpaired) electrons. The Kier molecular flexibility index (Phi) is 6.13. The summed E-state index contributed by atoms with van der Waals surface area (Å²) in [5.74, 6) is 0.338. The molecule has 3 heteroatoms. The summed E-state index contributed by atoms with van der Waals surface area (Å²) in [4.78, 5) is 14.4. The van der Waals surface area contributed by atoms with Gasteiger partial charge in [-0.25, -0.2) is 0 Å². The van der Waals surface area contributed by atoms with Gasteiger partial charge in [-0.3, -0.25) is 4.79 Å². The van der Waals surface area contributed by atoms with Crippen molar-refractivity contribution >= 4 is 5.91 Å². The normalized spacial score (nSPS) is 21.1. The number of carbonyl (C=O) groups is 1. The third-order valence-electron chi connectivity index (χ3n) is 3.56. The number of nitrogens with one attached hydrogen (secondary N) is 1. The smallest absolute Gasteiger partial charge is 0.224 e. The summed E-state index contributed by atoms with van der Waals surface area (Å²) in [6, 6.07) is 0.505. The monoisotopic (exact) mass is 254 g/mol. The quantitative estimate of drug-likeness (QED) is 0.818. The van der Waals surface area contributed by atoms with Gasteiger partial charge in [0, 0.05) is 31.1 Å². The zero-order valence-electron chi connectivity index (χ0n) is 12.6. The summed E-state index contributed by atoms with van der Waals surface area (Å²) in [5, 5.41) is 3.39. The van der Waals surface area contributed by atoms with Crippen molar-refractivity contribution in [1.82, 2.24) is 10.2 Å². The Balaban J connectivity index is 2.38. The predicted octanol–water partition coefficient (Wildman–Crippen LogP) is 2.95. The van der Waals surface area contributed by atoms with E-state index in [1.54, 1.807) is 0 Å². The standard InChI is InChI=1S/C15H30N2O/c1-5-8-13-9-6-7-12-17(13)14(18)10-11-16-15(2,3)4/h13,16H,5-12H2,1-4H3. The van der Waals surface area contributed by atoms with Crippen LogP contribution in [0.5, 0.6) is 0 Å². The van der Waals surface area contributed by atoms with Gasteiger partial charge in [-0.15, -0.1) is 0 Å². The lowest BCUT2D eigenvalue weighted by Gasteiger charge is -2.36. The topological polar surface area (TPSA) is 32.3 Å². The van der Waals surface area contributed by atoms with Crippen LogP contribution in [0.4, 0.5) is 0 Å². The maximum Gasteiger partial charge on any atom is 0.224 e. The molecule has 0 aromatic heterocycles. The molecular weight excluding hydrogens is 224 g/mol. The number of amides is 1. The molecule has 1 rings (SSSR count). The first kappa shape index (κ1) is 15.5. The second kappa shape index (κ2) is 7.13. The molecule has 1 N–H and O–H groups in total. The molecule has 3 nitrogen and oxygen atoms in total. The molecule has 0 bridgehead atoms. The maximum absolute atomic E-state index is 12.3. The molecule has 1 unspecified atom stereocenters. The fraction of sp³-hybridized carbons (Fsp3) is 0.933. The molecule has 0 aliphatic carbocycles. The Morgan fingerprint density at radius 2 is 2.06 bits per heavy atom. The van der Waals surface area contributed by atoms with E-state index in [4.69, 9.17) is 0 Å². The number of likely N-dealkylation sites (tertiary alicyclic amines) is 1. The molecule has 1 aliphatic rings. The Hall–Kier alpha value is -0.570. The fourth-order valence-corrected chi connectivity index (χ4v) is 2.65. The van der Waals surface area contributed by atoms with Crippen molar-refractivity contribution in [2.45, 2.75) is 77.8 Å². The number of hydrogen-bond donors (Lipinski definition) is 1. The van der Waals surface area contributed by atoms with Gasteiger partial charge >= 0.3 is 0 Å². The lowest BCUT2D eigenvalue weighted by Crippen LogP contribution is -2.45. The van der Waals surface area contributed by atoms with Crippen molar-refractivity contribution in [1.29, 1.82) is 0 Å². The van der Waals surface area contributed by atoms with Gasteiger partial charge in [0.05, 0.1) is 0 Å². The van der Waals surface area contributed by atoms with Crippen molar-refractivity contribution in [2.24, 2.45) is 0 Å². The van der Waals surface area contributed by atoms with Crippen LogP contribution in [-0.2, 0) is 4.79 Å². The second-order valence-corrected chi connectivity index (χ2v) is 6.45. The van der Waals surface area contributed by atoms with Gasteiger partial charge in [0.1, 0.15) is 0 Å². The summed E-state index contributed by atoms with van der Waals surface area (Å²) in [6.45, 7) is 10.4. The molecule has 1 amide bonds. The highest BCUT2D eigenvalue weighted by Crippen LogP contribution is 2.21. The molecule has 0 aromatic rings. The number of piperidine rings is 1. The Morgan fingerprint density at radius 3 is 2.67 bits per heavy atom. The first-order valence-corrected chi connectivity index (χ1v) is 7.48. The fourth-order valence-electron chi connectivity index (χ4n) is 2.65. The average Bonchev–Trinajstić information content (AvgIpc) is 2.28. The zero-order chi connectivity index (χ0) is 13.6. The molecule has 1 fully saturated rings. The van der Waals surface area contributed by atoms with Gasteiger partial charge in [-0.2, -0.15) is 0 Å². The summed E-state index contributed by atoms with van der Waals surface area (Å²) < 4.78 is 0. The Morgan fingerprint density at radius 1 is 1.33 bits per heavy atom. The van der Waals surface area contributed by atoms with Crippen LogP contribution in [0.1, 0.15) is 66.2 Å². The van der Waals surface area contributed by atoms with Crippen LogP contribution in [0.25, 0.3) is 0 Å². The SMILES string of the molecule is CCCC1CCCCN1C(=O)CCNC(C)(C)C. The number of nitrogens with zero attached hydrogens (tertiary/aromatic N) is 1. The number of rotatable bonds is 5. The van der Waals surface area contributed by atoms with Crippen molar-refractivity contribution in [2.75, 3.05) is 13.1 Å². The van der Waals surface area contributed by atoms with Crippen molar-refractivity contribution < 1.29 is 4.79 Å². The van der Waals surface area contributed by atoms with E-state index in [0.717, 1.165) is 13.1 Å². The van der Waals surface area contributed by atoms with E-state index >= 15 is 0 Å². The zero-order valence-corrected chi connectivity index (χ0v) is 12.6. The number of carbonyl (C=O) groups excluding carboxylic acids is 1. The molecule has 18 heavy (non-hydrogen) atoms. The van der Waals surface area contributed by atoms with Gasteiger partial charge in [0.2, 0.25) is 5.91 Å². The molecular formula is C15H30N2O. The third kappa shape index (κ3) is 5.38. The van der Waals surface area contributed by atoms with E-state index in [0.29, 0.717) is 18.4 Å². The first-order chi connectivity index (χ1) is 8.44. The Bertz CT molecular complexity index is 256. The minimum absolute atomic E-state index is 0.102. The molecule has 0 saturated carbocycles. The van der Waals surface area contributed by atoms with Crippen LogP contribution in [0, 0.1) is 0 Å². The lowest BCUT2D eigenvalue weighted by atomic mass is 9.98. The summed E-state index contributed by atoms with van der Waals surface area (Å²) in [6.07, 6.45) is 6.64. The van der Waals surface area contributed by atoms with E-state index in [1.807, 2.05) is 0 Å². The molecule has 0 spiro atoms. The first-order valence-electron chi connectivity index (χ1n) is 7.48. The van der Waals surface area contributed by atoms with Gasteiger partial charge in [0.25, 0.3) is 0 Å². The molecule has 106 valence electrons. The van der Waals surface area contributed by atoms with Gasteiger partial charge in [-0.05, 0) is 46.5 Å². The largest absolute Gasteiger partial charge is 0.340 e. The van der Waals surface area contributed by atoms with E-state index in [-0.39, 0.29) is 5.54 Å². The van der Waals surface area contributed by atoms with E-state index in [2.05, 4.69) is 37.9 Å². The van der Waals surface area contributed by atoms with Gasteiger partial charge < -0.3 is 10.2 Å². The number of hydrogen-bond acceptors (Lipinski definition) is 2. The van der Waals surface area contributed by atoms with E-state index < -0.39 is 0 Å². The highest BCUT2D eigenvalue weighted by atomic mass is 16.2. The summed E-state index contributed by atoms with van der Waals surface area (Å²) in [7, 11) is 0. The molecule has 1 aliphatic heterocycles. The van der Waals surface area contributed by atoms with E-state index in [9.17, 15) is 4.79 Å². The second-order valence-electron chi connectivity index (χ2n) is 6.45. The van der Waals surface area contributed by atoms with Crippen LogP contribution in [0.2, 0.25) is 0 Å². The minimum Gasteiger partial charge on any atom is -0.340 e. The summed E-state index contributed by atoms with van der Waals surface area (Å²) >= 11 is 0. The third-order valence-corrected chi connectivity index (χ3v) is 3.56. The summed E-state index contributed by atoms with van der Waals surface area (Å²) in [5.41, 5.74) is 0.102. The Labute approximate surface area is 112 Å². The van der Waals surface area contributed by atoms with Crippen molar-refractivity contribution in [3.05, 3.63) is 0 Å². The van der Waals surface area contributed by atoms with Crippen molar-refractivity contribution in [3.63, 3.8) is 0 Å². The molecule has 1 heterocycles. The van der Waals surface area contributed by atoms with Gasteiger partial charge in [-0.1, -0.05) is 13.3 Å². The maximum atomic E-state index is 12.3. The predicted molar refractivity (Wildman–Crippen MR) is 76.6 cm³/mol. The van der Waals surface area contributed by atoms with Crippen LogP contribution in [0.3, 0.4) is 0 Å². The highest BCUT2D eigenvalue weighted by Gasteiger charge is 2.25. The van der Waals surface area contributed by atoms with Crippen LogP contribution in [-0.4, -0.2) is 35.5 Å². The van der Waals surface area contributed by atoms with Crippen LogP contribution < -0.4 is 5.32 Å². The molecule has 1 saturated heterocycles. The lowest BCUT2D eigenvalue weighted by molar-refractivity contribution is -0.135. The van der Waals surface area contributed by atoms with Crippen molar-refractivity contribution in [3.8, 4) is 0 Å². The highest BCUT2D eigenvalue weighted by molar-refractivity contribution is 5.76. The van der Waals surface area contributed by atoms with Gasteiger partial charge in [0.15, 0.2) is 0 Å².